The third-order valence-corrected chi connectivity index (χ3v) is 4.46. The number of hydrogen-bond acceptors (Lipinski definition) is 8. The predicted molar refractivity (Wildman–Crippen MR) is 95.7 cm³/mol. The van der Waals surface area contributed by atoms with Crippen LogP contribution in [0.25, 0.3) is 5.65 Å². The van der Waals surface area contributed by atoms with E-state index in [2.05, 4.69) is 26.6 Å². The molecule has 1 aliphatic rings. The maximum atomic E-state index is 9.40. The number of rotatable bonds is 6. The average Bonchev–Trinajstić information content (AvgIpc) is 3.15. The standard InChI is InChI=1S/C15H19ClN8O/c1-9-12(16)15-20-14(11(8-17)13(18)24(15)21-9)19-4-2-10-3-5-23(22-10)6-7-25/h25H,2-7,18H2,1H3,(H,19,20). The third-order valence-electron chi connectivity index (χ3n) is 4.02. The van der Waals surface area contributed by atoms with Gasteiger partial charge in [0.2, 0.25) is 0 Å². The molecule has 0 spiro atoms. The number of nitrogens with one attached hydrogen (secondary N) is 1. The third kappa shape index (κ3) is 3.31. The smallest absolute Gasteiger partial charge is 0.178 e. The largest absolute Gasteiger partial charge is 0.394 e. The highest BCUT2D eigenvalue weighted by Crippen LogP contribution is 2.27. The maximum absolute atomic E-state index is 9.40. The Kier molecular flexibility index (Phi) is 4.92. The molecule has 4 N–H and O–H groups in total. The molecule has 0 atom stereocenters. The minimum atomic E-state index is 0.0926. The lowest BCUT2D eigenvalue weighted by molar-refractivity contribution is 0.213. The van der Waals surface area contributed by atoms with Gasteiger partial charge in [0.15, 0.2) is 5.65 Å². The Morgan fingerprint density at radius 2 is 2.28 bits per heavy atom. The van der Waals surface area contributed by atoms with Crippen molar-refractivity contribution in [2.75, 3.05) is 37.3 Å². The van der Waals surface area contributed by atoms with Crippen LogP contribution in [0.5, 0.6) is 0 Å². The number of nitrogen functional groups attached to an aromatic ring is 1. The first-order valence-electron chi connectivity index (χ1n) is 7.95. The summed E-state index contributed by atoms with van der Waals surface area (Å²) in [5.41, 5.74) is 8.35. The first kappa shape index (κ1) is 17.3. The lowest BCUT2D eigenvalue weighted by Crippen LogP contribution is -2.17. The molecule has 0 radical (unpaired) electrons. The summed E-state index contributed by atoms with van der Waals surface area (Å²) >= 11 is 6.21. The van der Waals surface area contributed by atoms with Gasteiger partial charge in [0.1, 0.15) is 28.3 Å². The SMILES string of the molecule is Cc1nn2c(N)c(C#N)c(NCCC3=NN(CCO)CC3)nc2c1Cl. The topological polar surface area (TPSA) is 128 Å². The second-order valence-electron chi connectivity index (χ2n) is 5.74. The lowest BCUT2D eigenvalue weighted by Gasteiger charge is -2.10. The molecule has 3 heterocycles. The molecule has 2 aromatic heterocycles. The molecule has 1 aliphatic heterocycles. The number of nitrogens with zero attached hydrogens (tertiary/aromatic N) is 6. The molecule has 0 bridgehead atoms. The molecule has 0 unspecified atom stereocenters. The summed E-state index contributed by atoms with van der Waals surface area (Å²) in [5.74, 6) is 0.595. The molecule has 0 fully saturated rings. The number of anilines is 2. The lowest BCUT2D eigenvalue weighted by atomic mass is 10.2. The minimum Gasteiger partial charge on any atom is -0.394 e. The van der Waals surface area contributed by atoms with Crippen molar-refractivity contribution in [3.8, 4) is 6.07 Å². The number of fused-ring (bicyclic) bond motifs is 1. The van der Waals surface area contributed by atoms with Gasteiger partial charge >= 0.3 is 0 Å². The van der Waals surface area contributed by atoms with E-state index in [9.17, 15) is 5.26 Å². The summed E-state index contributed by atoms with van der Waals surface area (Å²) in [5, 5.41) is 32.4. The summed E-state index contributed by atoms with van der Waals surface area (Å²) in [7, 11) is 0. The zero-order chi connectivity index (χ0) is 18.0. The van der Waals surface area contributed by atoms with Gasteiger partial charge in [-0.3, -0.25) is 5.01 Å². The van der Waals surface area contributed by atoms with Gasteiger partial charge < -0.3 is 16.2 Å². The number of β-amino-alcohol motifs (C(OH)–C–C–N with tert-alkyl or cyclic N) is 1. The van der Waals surface area contributed by atoms with E-state index >= 15 is 0 Å². The van der Waals surface area contributed by atoms with Crippen LogP contribution < -0.4 is 11.1 Å². The molecule has 132 valence electrons. The number of halogens is 1. The second kappa shape index (κ2) is 7.13. The molecule has 0 aromatic carbocycles. The molecule has 3 rings (SSSR count). The Hall–Kier alpha value is -2.57. The van der Waals surface area contributed by atoms with Gasteiger partial charge in [-0.2, -0.15) is 20.0 Å². The van der Waals surface area contributed by atoms with Crippen LogP contribution in [0.15, 0.2) is 5.10 Å². The fraction of sp³-hybridized carbons (Fsp3) is 0.467. The van der Waals surface area contributed by atoms with Crippen LogP contribution in [-0.2, 0) is 0 Å². The molecule has 9 nitrogen and oxygen atoms in total. The van der Waals surface area contributed by atoms with Crippen LogP contribution in [0.3, 0.4) is 0 Å². The van der Waals surface area contributed by atoms with E-state index in [4.69, 9.17) is 22.4 Å². The molecule has 0 saturated heterocycles. The zero-order valence-electron chi connectivity index (χ0n) is 13.8. The van der Waals surface area contributed by atoms with Gasteiger partial charge in [0.05, 0.1) is 18.8 Å². The monoisotopic (exact) mass is 362 g/mol. The number of nitrogens with two attached hydrogens (primary N) is 1. The summed E-state index contributed by atoms with van der Waals surface area (Å²) in [6.07, 6.45) is 1.58. The fourth-order valence-corrected chi connectivity index (χ4v) is 2.88. The average molecular weight is 363 g/mol. The summed E-state index contributed by atoms with van der Waals surface area (Å²) in [6, 6.07) is 2.07. The fourth-order valence-electron chi connectivity index (χ4n) is 2.72. The van der Waals surface area contributed by atoms with Crippen molar-refractivity contribution in [2.24, 2.45) is 5.10 Å². The highest BCUT2D eigenvalue weighted by atomic mass is 35.5. The van der Waals surface area contributed by atoms with E-state index in [-0.39, 0.29) is 18.0 Å². The molecule has 0 amide bonds. The number of hydrogen-bond donors (Lipinski definition) is 3. The van der Waals surface area contributed by atoms with E-state index < -0.39 is 0 Å². The van der Waals surface area contributed by atoms with Gasteiger partial charge in [0, 0.05) is 31.6 Å². The van der Waals surface area contributed by atoms with Crippen LogP contribution in [-0.4, -0.2) is 56.7 Å². The van der Waals surface area contributed by atoms with Gasteiger partial charge in [-0.1, -0.05) is 11.6 Å². The highest BCUT2D eigenvalue weighted by Gasteiger charge is 2.18. The molecule has 10 heteroatoms. The first-order valence-corrected chi connectivity index (χ1v) is 8.33. The number of hydrazone groups is 1. The number of aliphatic hydroxyl groups is 1. The van der Waals surface area contributed by atoms with Crippen molar-refractivity contribution in [1.29, 1.82) is 5.26 Å². The van der Waals surface area contributed by atoms with E-state index in [1.54, 1.807) is 6.92 Å². The highest BCUT2D eigenvalue weighted by molar-refractivity contribution is 6.34. The summed E-state index contributed by atoms with van der Waals surface area (Å²) < 4.78 is 1.38. The Morgan fingerprint density at radius 3 is 3.00 bits per heavy atom. The Morgan fingerprint density at radius 1 is 1.48 bits per heavy atom. The second-order valence-corrected chi connectivity index (χ2v) is 6.12. The van der Waals surface area contributed by atoms with E-state index in [1.165, 1.54) is 4.52 Å². The van der Waals surface area contributed by atoms with Gasteiger partial charge in [-0.25, -0.2) is 4.98 Å². The molecule has 2 aromatic rings. The van der Waals surface area contributed by atoms with Crippen LogP contribution >= 0.6 is 11.6 Å². The maximum Gasteiger partial charge on any atom is 0.178 e. The van der Waals surface area contributed by atoms with Crippen LogP contribution in [0.4, 0.5) is 11.6 Å². The molecular formula is C15H19ClN8O. The van der Waals surface area contributed by atoms with Gasteiger partial charge in [0.25, 0.3) is 0 Å². The van der Waals surface area contributed by atoms with Crippen molar-refractivity contribution >= 4 is 34.6 Å². The number of nitriles is 1. The van der Waals surface area contributed by atoms with E-state index in [0.717, 1.165) is 18.7 Å². The Balaban J connectivity index is 1.76. The van der Waals surface area contributed by atoms with Crippen LogP contribution in [0, 0.1) is 18.3 Å². The summed E-state index contributed by atoms with van der Waals surface area (Å²) in [4.78, 5) is 4.41. The normalized spacial score (nSPS) is 14.0. The van der Waals surface area contributed by atoms with Crippen molar-refractivity contribution in [2.45, 2.75) is 19.8 Å². The minimum absolute atomic E-state index is 0.0926. The van der Waals surface area contributed by atoms with E-state index in [0.29, 0.717) is 41.7 Å². The van der Waals surface area contributed by atoms with Crippen molar-refractivity contribution in [3.63, 3.8) is 0 Å². The molecule has 0 saturated carbocycles. The molecule has 0 aliphatic carbocycles. The van der Waals surface area contributed by atoms with E-state index in [1.807, 2.05) is 5.01 Å². The number of aliphatic hydroxyl groups excluding tert-OH is 1. The molecule has 25 heavy (non-hydrogen) atoms. The Labute approximate surface area is 149 Å². The van der Waals surface area contributed by atoms with Gasteiger partial charge in [-0.15, -0.1) is 0 Å². The van der Waals surface area contributed by atoms with Crippen molar-refractivity contribution in [3.05, 3.63) is 16.3 Å². The molecular weight excluding hydrogens is 344 g/mol. The quantitative estimate of drug-likeness (QED) is 0.699. The predicted octanol–water partition coefficient (Wildman–Crippen LogP) is 1.00. The van der Waals surface area contributed by atoms with Crippen LogP contribution in [0.2, 0.25) is 5.02 Å². The number of aryl methyl sites for hydroxylation is 1. The van der Waals surface area contributed by atoms with Crippen LogP contribution in [0.1, 0.15) is 24.1 Å². The van der Waals surface area contributed by atoms with Crippen molar-refractivity contribution < 1.29 is 5.11 Å². The zero-order valence-corrected chi connectivity index (χ0v) is 14.6. The first-order chi connectivity index (χ1) is 12.0. The Bertz CT molecular complexity index is 869. The van der Waals surface area contributed by atoms with Gasteiger partial charge in [-0.05, 0) is 6.92 Å². The number of aromatic nitrogens is 3. The van der Waals surface area contributed by atoms with Crippen molar-refractivity contribution in [1.82, 2.24) is 19.6 Å². The summed E-state index contributed by atoms with van der Waals surface area (Å²) in [6.45, 7) is 3.78.